The molecule has 1 rings (SSSR count). The van der Waals surface area contributed by atoms with Gasteiger partial charge in [-0.1, -0.05) is 70.4 Å². The second-order valence-electron chi connectivity index (χ2n) is 7.48. The first-order valence-electron chi connectivity index (χ1n) is 11.0. The predicted octanol–water partition coefficient (Wildman–Crippen LogP) is 5.83. The zero-order valence-electron chi connectivity index (χ0n) is 18.4. The predicted molar refractivity (Wildman–Crippen MR) is 115 cm³/mol. The van der Waals surface area contributed by atoms with Crippen molar-refractivity contribution in [2.45, 2.75) is 103 Å². The maximum Gasteiger partial charge on any atom is 0.306 e. The molecule has 29 heavy (non-hydrogen) atoms. The minimum atomic E-state index is -4.17. The van der Waals surface area contributed by atoms with Crippen molar-refractivity contribution in [3.63, 3.8) is 0 Å². The van der Waals surface area contributed by atoms with Crippen molar-refractivity contribution in [2.24, 2.45) is 0 Å². The van der Waals surface area contributed by atoms with Crippen LogP contribution in [0.2, 0.25) is 0 Å². The smallest absolute Gasteiger partial charge is 0.306 e. The van der Waals surface area contributed by atoms with Gasteiger partial charge in [0.05, 0.1) is 13.2 Å². The third-order valence-electron chi connectivity index (χ3n) is 4.78. The summed E-state index contributed by atoms with van der Waals surface area (Å²) in [4.78, 5) is 22.7. The van der Waals surface area contributed by atoms with Crippen LogP contribution in [0.5, 0.6) is 0 Å². The molecule has 0 aliphatic carbocycles. The molecule has 1 saturated heterocycles. The van der Waals surface area contributed by atoms with E-state index in [1.165, 1.54) is 57.8 Å². The molecule has 0 spiro atoms. The van der Waals surface area contributed by atoms with Crippen LogP contribution in [0.3, 0.4) is 0 Å². The van der Waals surface area contributed by atoms with Gasteiger partial charge in [-0.3, -0.25) is 9.36 Å². The summed E-state index contributed by atoms with van der Waals surface area (Å²) in [7, 11) is -4.17. The topological polar surface area (TPSA) is 121 Å². The van der Waals surface area contributed by atoms with Crippen molar-refractivity contribution in [1.82, 2.24) is 6.15 Å². The van der Waals surface area contributed by atoms with Gasteiger partial charge < -0.3 is 24.8 Å². The van der Waals surface area contributed by atoms with E-state index in [1.54, 1.807) is 0 Å². The first-order valence-corrected chi connectivity index (χ1v) is 12.4. The SMILES string of the molecule is CCCCCCCC/C=C\CCCCCCCC(=O)OC1COP(=O)([O-])OC1.[NH4+]. The molecule has 8 heteroatoms. The summed E-state index contributed by atoms with van der Waals surface area (Å²) in [5.74, 6) is -0.322. The molecule has 1 fully saturated rings. The number of hydrogen-bond acceptors (Lipinski definition) is 6. The van der Waals surface area contributed by atoms with Crippen LogP contribution >= 0.6 is 7.82 Å². The number of phosphoric acid groups is 1. The number of carbonyl (C=O) groups is 1. The van der Waals surface area contributed by atoms with Gasteiger partial charge in [0.15, 0.2) is 0 Å². The molecular formula is C21H42NO6P. The standard InChI is InChI=1S/C21H39O6P.H3N/c1-2-3-4-5-6-7-8-9-10-11-12-13-14-15-16-17-21(22)27-20-18-25-28(23,24)26-19-20;/h9-10,20H,2-8,11-19H2,1H3,(H,23,24);1H3/b10-9-;. The lowest BCUT2D eigenvalue weighted by atomic mass is 10.1. The maximum atomic E-state index is 11.7. The molecule has 0 atom stereocenters. The highest BCUT2D eigenvalue weighted by molar-refractivity contribution is 7.45. The van der Waals surface area contributed by atoms with Crippen LogP contribution in [0, 0.1) is 0 Å². The number of carbonyl (C=O) groups excluding carboxylic acids is 1. The summed E-state index contributed by atoms with van der Waals surface area (Å²) in [6.45, 7) is 1.94. The molecule has 1 heterocycles. The summed E-state index contributed by atoms with van der Waals surface area (Å²) < 4.78 is 25.1. The molecule has 172 valence electrons. The van der Waals surface area contributed by atoms with E-state index in [-0.39, 0.29) is 25.3 Å². The fourth-order valence-electron chi connectivity index (χ4n) is 3.09. The minimum absolute atomic E-state index is 0. The fraction of sp³-hybridized carbons (Fsp3) is 0.857. The number of ether oxygens (including phenoxy) is 1. The number of phosphoric ester groups is 1. The molecule has 7 nitrogen and oxygen atoms in total. The van der Waals surface area contributed by atoms with Crippen LogP contribution < -0.4 is 11.0 Å². The third kappa shape index (κ3) is 16.7. The lowest BCUT2D eigenvalue weighted by molar-refractivity contribution is -0.239. The Hall–Kier alpha value is -0.720. The number of quaternary nitrogens is 1. The van der Waals surface area contributed by atoms with Crippen molar-refractivity contribution >= 4 is 13.8 Å². The van der Waals surface area contributed by atoms with Crippen LogP contribution in [-0.4, -0.2) is 25.3 Å². The van der Waals surface area contributed by atoms with Crippen molar-refractivity contribution in [2.75, 3.05) is 13.2 Å². The summed E-state index contributed by atoms with van der Waals surface area (Å²) in [6, 6.07) is 0. The van der Waals surface area contributed by atoms with Crippen molar-refractivity contribution < 1.29 is 28.0 Å². The van der Waals surface area contributed by atoms with Gasteiger partial charge in [0.25, 0.3) is 7.82 Å². The van der Waals surface area contributed by atoms with Crippen molar-refractivity contribution in [3.05, 3.63) is 12.2 Å². The average molecular weight is 436 g/mol. The summed E-state index contributed by atoms with van der Waals surface area (Å²) in [6.07, 6.45) is 20.1. The Labute approximate surface area is 176 Å². The average Bonchev–Trinajstić information content (AvgIpc) is 2.66. The van der Waals surface area contributed by atoms with E-state index in [2.05, 4.69) is 28.1 Å². The zero-order valence-corrected chi connectivity index (χ0v) is 19.3. The molecule has 0 bridgehead atoms. The normalized spacial score (nSPS) is 21.8. The zero-order chi connectivity index (χ0) is 20.5. The highest BCUT2D eigenvalue weighted by Gasteiger charge is 2.25. The van der Waals surface area contributed by atoms with E-state index in [0.29, 0.717) is 6.42 Å². The molecule has 0 aromatic rings. The van der Waals surface area contributed by atoms with E-state index < -0.39 is 13.9 Å². The monoisotopic (exact) mass is 435 g/mol. The lowest BCUT2D eigenvalue weighted by Gasteiger charge is -2.31. The fourth-order valence-corrected chi connectivity index (χ4v) is 3.86. The Bertz CT molecular complexity index is 474. The highest BCUT2D eigenvalue weighted by atomic mass is 31.2. The number of hydrogen-bond donors (Lipinski definition) is 1. The molecule has 1 aliphatic heterocycles. The summed E-state index contributed by atoms with van der Waals surface area (Å²) >= 11 is 0. The van der Waals surface area contributed by atoms with Gasteiger partial charge in [-0.25, -0.2) is 0 Å². The van der Waals surface area contributed by atoms with Crippen LogP contribution in [0.4, 0.5) is 0 Å². The second-order valence-corrected chi connectivity index (χ2v) is 8.90. The van der Waals surface area contributed by atoms with Crippen LogP contribution in [0.25, 0.3) is 0 Å². The third-order valence-corrected chi connectivity index (χ3v) is 5.71. The van der Waals surface area contributed by atoms with E-state index in [0.717, 1.165) is 25.7 Å². The molecule has 0 amide bonds. The highest BCUT2D eigenvalue weighted by Crippen LogP contribution is 2.41. The Morgan fingerprint density at radius 3 is 1.97 bits per heavy atom. The molecular weight excluding hydrogens is 393 g/mol. The molecule has 4 N–H and O–H groups in total. The molecule has 0 radical (unpaired) electrons. The van der Waals surface area contributed by atoms with E-state index in [9.17, 15) is 14.3 Å². The molecule has 0 aromatic heterocycles. The first-order chi connectivity index (χ1) is 13.5. The Morgan fingerprint density at radius 1 is 0.931 bits per heavy atom. The number of unbranched alkanes of at least 4 members (excludes halogenated alkanes) is 11. The lowest BCUT2D eigenvalue weighted by Crippen LogP contribution is -2.33. The molecule has 1 aliphatic rings. The van der Waals surface area contributed by atoms with E-state index in [1.807, 2.05) is 0 Å². The summed E-state index contributed by atoms with van der Waals surface area (Å²) in [5, 5.41) is 0. The number of esters is 1. The van der Waals surface area contributed by atoms with Gasteiger partial charge in [-0.05, 0) is 32.1 Å². The number of rotatable bonds is 16. The van der Waals surface area contributed by atoms with Crippen LogP contribution in [0.1, 0.15) is 96.8 Å². The maximum absolute atomic E-state index is 11.7. The Morgan fingerprint density at radius 2 is 1.41 bits per heavy atom. The quantitative estimate of drug-likeness (QED) is 0.141. The van der Waals surface area contributed by atoms with E-state index in [4.69, 9.17) is 4.74 Å². The molecule has 0 saturated carbocycles. The van der Waals surface area contributed by atoms with Gasteiger partial charge >= 0.3 is 5.97 Å². The summed E-state index contributed by atoms with van der Waals surface area (Å²) in [5.41, 5.74) is 0. The van der Waals surface area contributed by atoms with Crippen molar-refractivity contribution in [1.29, 1.82) is 0 Å². The van der Waals surface area contributed by atoms with Gasteiger partial charge in [0, 0.05) is 6.42 Å². The van der Waals surface area contributed by atoms with Gasteiger partial charge in [0.2, 0.25) is 0 Å². The van der Waals surface area contributed by atoms with Gasteiger partial charge in [-0.15, -0.1) is 0 Å². The first kappa shape index (κ1) is 28.3. The number of allylic oxidation sites excluding steroid dienone is 2. The van der Waals surface area contributed by atoms with Crippen molar-refractivity contribution in [3.8, 4) is 0 Å². The van der Waals surface area contributed by atoms with E-state index >= 15 is 0 Å². The van der Waals surface area contributed by atoms with Crippen LogP contribution in [0.15, 0.2) is 12.2 Å². The second kappa shape index (κ2) is 18.1. The molecule has 0 aromatic carbocycles. The minimum Gasteiger partial charge on any atom is -0.756 e. The Kier molecular flexibility index (Phi) is 17.6. The Balaban J connectivity index is 0.00000784. The van der Waals surface area contributed by atoms with Gasteiger partial charge in [-0.2, -0.15) is 0 Å². The van der Waals surface area contributed by atoms with Gasteiger partial charge in [0.1, 0.15) is 6.10 Å². The largest absolute Gasteiger partial charge is 0.756 e. The molecule has 0 unspecified atom stereocenters. The van der Waals surface area contributed by atoms with Crippen LogP contribution in [-0.2, 0) is 23.1 Å².